The maximum Gasteiger partial charge on any atom is 0.0259 e. The summed E-state index contributed by atoms with van der Waals surface area (Å²) in [5.74, 6) is 5.40. The largest absolute Gasteiger partial charge is 0.314 e. The predicted molar refractivity (Wildman–Crippen MR) is 192 cm³/mol. The van der Waals surface area contributed by atoms with Crippen LogP contribution >= 0.6 is 25.3 Å². The molecule has 2 nitrogen and oxygen atoms in total. The Bertz CT molecular complexity index is 805. The number of fused-ring (bicyclic) bond motifs is 2. The van der Waals surface area contributed by atoms with Gasteiger partial charge in [0, 0.05) is 11.1 Å². The van der Waals surface area contributed by atoms with Gasteiger partial charge in [0.15, 0.2) is 0 Å². The zero-order chi connectivity index (χ0) is 29.9. The molecule has 0 heterocycles. The van der Waals surface area contributed by atoms with E-state index >= 15 is 0 Å². The van der Waals surface area contributed by atoms with Gasteiger partial charge in [-0.2, -0.15) is 25.3 Å². The van der Waals surface area contributed by atoms with Crippen molar-refractivity contribution in [3.05, 3.63) is 11.6 Å². The van der Waals surface area contributed by atoms with Crippen molar-refractivity contribution < 1.29 is 0 Å². The van der Waals surface area contributed by atoms with Crippen LogP contribution in [0.2, 0.25) is 0 Å². The molecular formula is C38H70N2S2. The third-order valence-electron chi connectivity index (χ3n) is 12.9. The number of hydrogen-bond acceptors (Lipinski definition) is 4. The molecule has 1 spiro atoms. The fraction of sp³-hybridized carbons (Fsp3) is 0.947. The molecule has 4 heteroatoms. The van der Waals surface area contributed by atoms with Crippen molar-refractivity contribution in [1.82, 2.24) is 10.6 Å². The van der Waals surface area contributed by atoms with Gasteiger partial charge in [0.05, 0.1) is 0 Å². The second-order valence-electron chi connectivity index (χ2n) is 15.8. The first-order valence-electron chi connectivity index (χ1n) is 18.7. The minimum Gasteiger partial charge on any atom is -0.314 e. The normalized spacial score (nSPS) is 39.7. The van der Waals surface area contributed by atoms with Crippen molar-refractivity contribution in [2.75, 3.05) is 25.6 Å². The van der Waals surface area contributed by atoms with Crippen LogP contribution in [0.5, 0.6) is 0 Å². The van der Waals surface area contributed by atoms with E-state index in [4.69, 9.17) is 12.6 Å². The van der Waals surface area contributed by atoms with E-state index in [1.807, 2.05) is 0 Å². The molecule has 2 N–H and O–H groups in total. The highest BCUT2D eigenvalue weighted by Crippen LogP contribution is 2.63. The van der Waals surface area contributed by atoms with Crippen molar-refractivity contribution >= 4 is 25.3 Å². The molecule has 0 amide bonds. The molecule has 244 valence electrons. The molecule has 0 aromatic heterocycles. The molecule has 6 atom stereocenters. The lowest BCUT2D eigenvalue weighted by Crippen LogP contribution is -2.47. The Labute approximate surface area is 273 Å². The maximum atomic E-state index is 4.76. The molecule has 4 rings (SSSR count). The van der Waals surface area contributed by atoms with E-state index in [2.05, 4.69) is 50.4 Å². The van der Waals surface area contributed by atoms with E-state index in [9.17, 15) is 0 Å². The molecular weight excluding hydrogens is 549 g/mol. The fourth-order valence-corrected chi connectivity index (χ4v) is 11.0. The van der Waals surface area contributed by atoms with Crippen LogP contribution < -0.4 is 10.6 Å². The zero-order valence-corrected chi connectivity index (χ0v) is 30.0. The van der Waals surface area contributed by atoms with Gasteiger partial charge in [-0.3, -0.25) is 0 Å². The average molecular weight is 619 g/mol. The number of allylic oxidation sites excluding steroid dienone is 2. The van der Waals surface area contributed by atoms with Gasteiger partial charge in [0.1, 0.15) is 0 Å². The monoisotopic (exact) mass is 618 g/mol. The predicted octanol–water partition coefficient (Wildman–Crippen LogP) is 10.6. The smallest absolute Gasteiger partial charge is 0.0259 e. The summed E-state index contributed by atoms with van der Waals surface area (Å²) in [7, 11) is 4.59. The SMILES string of the molecule is CNC1(C)CCCC(CCS)CC2(CCCCCC3CCCCCCCCCCC4(NC)C(C3)C14)CC(=CCCS)C2. The molecule has 0 aromatic rings. The lowest BCUT2D eigenvalue weighted by atomic mass is 9.58. The Morgan fingerprint density at radius 2 is 1.38 bits per heavy atom. The van der Waals surface area contributed by atoms with Crippen molar-refractivity contribution in [1.29, 1.82) is 0 Å². The number of nitrogens with one attached hydrogen (secondary N) is 2. The first-order valence-corrected chi connectivity index (χ1v) is 20.0. The van der Waals surface area contributed by atoms with Gasteiger partial charge in [-0.05, 0) is 119 Å². The van der Waals surface area contributed by atoms with E-state index in [-0.39, 0.29) is 5.54 Å². The van der Waals surface area contributed by atoms with Crippen LogP contribution in [-0.4, -0.2) is 36.7 Å². The van der Waals surface area contributed by atoms with Gasteiger partial charge in [-0.1, -0.05) is 108 Å². The first kappa shape index (κ1) is 35.2. The van der Waals surface area contributed by atoms with Crippen molar-refractivity contribution in [2.24, 2.45) is 29.1 Å². The summed E-state index contributed by atoms with van der Waals surface area (Å²) in [5.41, 5.74) is 2.89. The van der Waals surface area contributed by atoms with E-state index < -0.39 is 0 Å². The second kappa shape index (κ2) is 17.3. The minimum absolute atomic E-state index is 0.228. The lowest BCUT2D eigenvalue weighted by molar-refractivity contribution is 0.121. The van der Waals surface area contributed by atoms with Gasteiger partial charge in [0.2, 0.25) is 0 Å². The number of thiol groups is 2. The van der Waals surface area contributed by atoms with Crippen LogP contribution in [-0.2, 0) is 0 Å². The zero-order valence-electron chi connectivity index (χ0n) is 28.2. The topological polar surface area (TPSA) is 24.1 Å². The van der Waals surface area contributed by atoms with Gasteiger partial charge >= 0.3 is 0 Å². The summed E-state index contributed by atoms with van der Waals surface area (Å²) in [6, 6.07) is 0. The Morgan fingerprint density at radius 1 is 0.738 bits per heavy atom. The number of hydrogen-bond donors (Lipinski definition) is 4. The molecule has 4 aliphatic carbocycles. The van der Waals surface area contributed by atoms with Gasteiger partial charge in [-0.25, -0.2) is 0 Å². The van der Waals surface area contributed by atoms with E-state index in [1.165, 1.54) is 148 Å². The fourth-order valence-electron chi connectivity index (χ4n) is 10.5. The van der Waals surface area contributed by atoms with Gasteiger partial charge in [0.25, 0.3) is 0 Å². The molecule has 4 saturated carbocycles. The Morgan fingerprint density at radius 3 is 2.02 bits per heavy atom. The summed E-state index contributed by atoms with van der Waals surface area (Å²) in [5, 5.41) is 8.01. The van der Waals surface area contributed by atoms with Gasteiger partial charge in [-0.15, -0.1) is 0 Å². The highest BCUT2D eigenvalue weighted by molar-refractivity contribution is 7.80. The van der Waals surface area contributed by atoms with Crippen LogP contribution in [0.1, 0.15) is 161 Å². The molecule has 4 aliphatic rings. The van der Waals surface area contributed by atoms with Crippen LogP contribution in [0.25, 0.3) is 0 Å². The Hall–Kier alpha value is 0.360. The molecule has 0 radical (unpaired) electrons. The summed E-state index contributed by atoms with van der Waals surface area (Å²) in [4.78, 5) is 0. The molecule has 2 bridgehead atoms. The molecule has 0 aliphatic heterocycles. The maximum absolute atomic E-state index is 4.76. The molecule has 42 heavy (non-hydrogen) atoms. The molecule has 4 fully saturated rings. The Balaban J connectivity index is 1.54. The molecule has 0 saturated heterocycles. The Kier molecular flexibility index (Phi) is 14.5. The summed E-state index contributed by atoms with van der Waals surface area (Å²) in [6.45, 7) is 2.61. The van der Waals surface area contributed by atoms with Crippen LogP contribution in [0.15, 0.2) is 11.6 Å². The van der Waals surface area contributed by atoms with E-state index in [0.717, 1.165) is 41.6 Å². The number of rotatable bonds is 6. The quantitative estimate of drug-likeness (QED) is 0.176. The highest BCUT2D eigenvalue weighted by atomic mass is 32.1. The van der Waals surface area contributed by atoms with Crippen LogP contribution in [0.3, 0.4) is 0 Å². The van der Waals surface area contributed by atoms with Crippen LogP contribution in [0.4, 0.5) is 0 Å². The van der Waals surface area contributed by atoms with Crippen molar-refractivity contribution in [3.8, 4) is 0 Å². The third kappa shape index (κ3) is 9.22. The third-order valence-corrected chi connectivity index (χ3v) is 13.4. The summed E-state index contributed by atoms with van der Waals surface area (Å²) >= 11 is 9.24. The van der Waals surface area contributed by atoms with Crippen molar-refractivity contribution in [2.45, 2.75) is 172 Å². The summed E-state index contributed by atoms with van der Waals surface area (Å²) < 4.78 is 0. The van der Waals surface area contributed by atoms with Gasteiger partial charge < -0.3 is 10.6 Å². The van der Waals surface area contributed by atoms with E-state index in [1.54, 1.807) is 5.57 Å². The first-order chi connectivity index (χ1) is 20.4. The molecule has 0 aromatic carbocycles. The standard InChI is InChI=1S/C38H70N2S2/c1-36(39-2)22-15-19-32(21-26-42)28-37(29-33(30-37)20-16-25-41)23-13-10-12-18-31-17-11-8-6-4-5-7-9-14-24-38(40-3)34(27-31)35(36)38/h20,31-32,34-35,39-42H,4-19,21-30H2,1-3H3. The lowest BCUT2D eigenvalue weighted by Gasteiger charge is -2.47. The van der Waals surface area contributed by atoms with E-state index in [0.29, 0.717) is 11.0 Å². The van der Waals surface area contributed by atoms with Crippen LogP contribution in [0, 0.1) is 29.1 Å². The molecule has 6 unspecified atom stereocenters. The second-order valence-corrected chi connectivity index (χ2v) is 16.7. The highest BCUT2D eigenvalue weighted by Gasteiger charge is 2.68. The summed E-state index contributed by atoms with van der Waals surface area (Å²) in [6.07, 6.45) is 36.5. The average Bonchev–Trinajstić information content (AvgIpc) is 3.61. The van der Waals surface area contributed by atoms with Crippen molar-refractivity contribution in [3.63, 3.8) is 0 Å². The minimum atomic E-state index is 0.228.